The molecule has 3 aromatic rings. The monoisotopic (exact) mass is 390 g/mol. The van der Waals surface area contributed by atoms with Crippen molar-refractivity contribution in [3.05, 3.63) is 72.0 Å². The molecular weight excluding hydrogens is 367 g/mol. The normalized spacial score (nSPS) is 16.5. The Hall–Kier alpha value is -3.28. The summed E-state index contributed by atoms with van der Waals surface area (Å²) in [4.78, 5) is 14.7. The average Bonchev–Trinajstić information content (AvgIpc) is 2.74. The predicted molar refractivity (Wildman–Crippen MR) is 112 cm³/mol. The highest BCUT2D eigenvalue weighted by Gasteiger charge is 2.27. The van der Waals surface area contributed by atoms with Gasteiger partial charge in [0, 0.05) is 24.3 Å². The number of nitrogens with one attached hydrogen (secondary N) is 1. The molecule has 6 heteroatoms. The van der Waals surface area contributed by atoms with Crippen LogP contribution in [-0.2, 0) is 4.79 Å². The SMILES string of the molecule is Cc1cccc(-c2ccc(N3CCC[C@@H](C(=O)Nc4cccc(F)c4)C3)nn2)c1. The molecule has 1 fully saturated rings. The van der Waals surface area contributed by atoms with E-state index in [1.165, 1.54) is 17.7 Å². The van der Waals surface area contributed by atoms with Gasteiger partial charge in [0.2, 0.25) is 5.91 Å². The molecule has 0 spiro atoms. The van der Waals surface area contributed by atoms with Gasteiger partial charge in [-0.05, 0) is 56.2 Å². The van der Waals surface area contributed by atoms with Crippen LogP contribution in [0.5, 0.6) is 0 Å². The molecule has 4 rings (SSSR count). The summed E-state index contributed by atoms with van der Waals surface area (Å²) in [7, 11) is 0. The number of rotatable bonds is 4. The van der Waals surface area contributed by atoms with Crippen molar-refractivity contribution in [3.8, 4) is 11.3 Å². The molecule has 0 saturated carbocycles. The minimum atomic E-state index is -0.364. The van der Waals surface area contributed by atoms with Gasteiger partial charge in [-0.1, -0.05) is 29.8 Å². The predicted octanol–water partition coefficient (Wildman–Crippen LogP) is 4.45. The first-order valence-electron chi connectivity index (χ1n) is 9.80. The summed E-state index contributed by atoms with van der Waals surface area (Å²) in [6.07, 6.45) is 1.69. The van der Waals surface area contributed by atoms with Crippen molar-refractivity contribution in [3.63, 3.8) is 0 Å². The van der Waals surface area contributed by atoms with Crippen molar-refractivity contribution in [2.24, 2.45) is 5.92 Å². The van der Waals surface area contributed by atoms with Crippen LogP contribution in [0.4, 0.5) is 15.9 Å². The summed E-state index contributed by atoms with van der Waals surface area (Å²) in [5.74, 6) is 0.136. The molecule has 1 saturated heterocycles. The molecule has 5 nitrogen and oxygen atoms in total. The minimum absolute atomic E-state index is 0.0929. The highest BCUT2D eigenvalue weighted by molar-refractivity contribution is 5.93. The summed E-state index contributed by atoms with van der Waals surface area (Å²) in [6, 6.07) is 18.0. The molecule has 29 heavy (non-hydrogen) atoms. The third-order valence-corrected chi connectivity index (χ3v) is 5.17. The van der Waals surface area contributed by atoms with Crippen molar-refractivity contribution in [2.45, 2.75) is 19.8 Å². The molecular formula is C23H23FN4O. The Morgan fingerprint density at radius 3 is 2.72 bits per heavy atom. The largest absolute Gasteiger partial charge is 0.354 e. The van der Waals surface area contributed by atoms with E-state index in [1.807, 2.05) is 37.3 Å². The van der Waals surface area contributed by atoms with Gasteiger partial charge in [0.15, 0.2) is 5.82 Å². The van der Waals surface area contributed by atoms with E-state index < -0.39 is 0 Å². The van der Waals surface area contributed by atoms with Crippen LogP contribution in [0.2, 0.25) is 0 Å². The Kier molecular flexibility index (Phi) is 5.51. The number of carbonyl (C=O) groups excluding carboxylic acids is 1. The number of nitrogens with zero attached hydrogens (tertiary/aromatic N) is 3. The van der Waals surface area contributed by atoms with E-state index in [0.29, 0.717) is 12.2 Å². The number of benzene rings is 2. The highest BCUT2D eigenvalue weighted by Crippen LogP contribution is 2.24. The fourth-order valence-electron chi connectivity index (χ4n) is 3.66. The van der Waals surface area contributed by atoms with Gasteiger partial charge >= 0.3 is 0 Å². The first-order valence-corrected chi connectivity index (χ1v) is 9.80. The number of halogens is 1. The fourth-order valence-corrected chi connectivity index (χ4v) is 3.66. The molecule has 0 unspecified atom stereocenters. The lowest BCUT2D eigenvalue weighted by Gasteiger charge is -2.32. The maximum atomic E-state index is 13.3. The first kappa shape index (κ1) is 19.1. The summed E-state index contributed by atoms with van der Waals surface area (Å²) < 4.78 is 13.3. The number of amides is 1. The zero-order chi connectivity index (χ0) is 20.2. The van der Waals surface area contributed by atoms with Gasteiger partial charge in [0.05, 0.1) is 11.6 Å². The second-order valence-electron chi connectivity index (χ2n) is 7.43. The zero-order valence-electron chi connectivity index (χ0n) is 16.3. The summed E-state index contributed by atoms with van der Waals surface area (Å²) in [5, 5.41) is 11.6. The summed E-state index contributed by atoms with van der Waals surface area (Å²) >= 11 is 0. The van der Waals surface area contributed by atoms with Crippen LogP contribution in [0.3, 0.4) is 0 Å². The summed E-state index contributed by atoms with van der Waals surface area (Å²) in [5.41, 5.74) is 3.52. The van der Waals surface area contributed by atoms with E-state index in [1.54, 1.807) is 12.1 Å². The first-order chi connectivity index (χ1) is 14.1. The van der Waals surface area contributed by atoms with Gasteiger partial charge in [-0.25, -0.2) is 4.39 Å². The molecule has 1 amide bonds. The number of piperidine rings is 1. The number of anilines is 2. The van der Waals surface area contributed by atoms with E-state index in [4.69, 9.17) is 0 Å². The maximum Gasteiger partial charge on any atom is 0.229 e. The lowest BCUT2D eigenvalue weighted by Crippen LogP contribution is -2.41. The molecule has 1 aliphatic rings. The molecule has 0 bridgehead atoms. The molecule has 0 radical (unpaired) electrons. The summed E-state index contributed by atoms with van der Waals surface area (Å²) in [6.45, 7) is 3.45. The highest BCUT2D eigenvalue weighted by atomic mass is 19.1. The maximum absolute atomic E-state index is 13.3. The fraction of sp³-hybridized carbons (Fsp3) is 0.261. The quantitative estimate of drug-likeness (QED) is 0.715. The standard InChI is InChI=1S/C23H23FN4O/c1-16-5-2-6-17(13-16)21-10-11-22(27-26-21)28-12-4-7-18(15-28)23(29)25-20-9-3-8-19(24)14-20/h2-3,5-6,8-11,13-14,18H,4,7,12,15H2,1H3,(H,25,29)/t18-/m1/s1. The molecule has 148 valence electrons. The lowest BCUT2D eigenvalue weighted by molar-refractivity contribution is -0.120. The third kappa shape index (κ3) is 4.59. The molecule has 1 atom stereocenters. The van der Waals surface area contributed by atoms with Crippen LogP contribution in [0, 0.1) is 18.7 Å². The number of carbonyl (C=O) groups is 1. The number of hydrogen-bond acceptors (Lipinski definition) is 4. The van der Waals surface area contributed by atoms with Crippen LogP contribution in [-0.4, -0.2) is 29.2 Å². The zero-order valence-corrected chi connectivity index (χ0v) is 16.3. The van der Waals surface area contributed by atoms with Crippen molar-refractivity contribution in [1.82, 2.24) is 10.2 Å². The van der Waals surface area contributed by atoms with Crippen molar-refractivity contribution in [1.29, 1.82) is 0 Å². The van der Waals surface area contributed by atoms with E-state index in [9.17, 15) is 9.18 Å². The Bertz CT molecular complexity index is 1010. The number of aromatic nitrogens is 2. The van der Waals surface area contributed by atoms with Crippen molar-refractivity contribution < 1.29 is 9.18 Å². The Morgan fingerprint density at radius 1 is 1.10 bits per heavy atom. The molecule has 1 aliphatic heterocycles. The third-order valence-electron chi connectivity index (χ3n) is 5.17. The van der Waals surface area contributed by atoms with Crippen molar-refractivity contribution >= 4 is 17.4 Å². The van der Waals surface area contributed by atoms with E-state index in [-0.39, 0.29) is 17.6 Å². The smallest absolute Gasteiger partial charge is 0.229 e. The Morgan fingerprint density at radius 2 is 1.97 bits per heavy atom. The van der Waals surface area contributed by atoms with Crippen LogP contribution >= 0.6 is 0 Å². The lowest BCUT2D eigenvalue weighted by atomic mass is 9.97. The van der Waals surface area contributed by atoms with E-state index in [0.717, 1.165) is 36.5 Å². The molecule has 2 aromatic carbocycles. The molecule has 2 heterocycles. The minimum Gasteiger partial charge on any atom is -0.354 e. The second kappa shape index (κ2) is 8.39. The van der Waals surface area contributed by atoms with Gasteiger partial charge in [0.1, 0.15) is 5.82 Å². The second-order valence-corrected chi connectivity index (χ2v) is 7.43. The van der Waals surface area contributed by atoms with Gasteiger partial charge in [0.25, 0.3) is 0 Å². The van der Waals surface area contributed by atoms with Gasteiger partial charge < -0.3 is 10.2 Å². The van der Waals surface area contributed by atoms with Gasteiger partial charge in [-0.2, -0.15) is 0 Å². The van der Waals surface area contributed by atoms with Crippen LogP contribution in [0.1, 0.15) is 18.4 Å². The number of aryl methyl sites for hydroxylation is 1. The van der Waals surface area contributed by atoms with Crippen LogP contribution in [0.15, 0.2) is 60.7 Å². The van der Waals surface area contributed by atoms with Crippen LogP contribution < -0.4 is 10.2 Å². The van der Waals surface area contributed by atoms with Gasteiger partial charge in [-0.3, -0.25) is 4.79 Å². The van der Waals surface area contributed by atoms with E-state index >= 15 is 0 Å². The van der Waals surface area contributed by atoms with Crippen LogP contribution in [0.25, 0.3) is 11.3 Å². The van der Waals surface area contributed by atoms with Crippen molar-refractivity contribution in [2.75, 3.05) is 23.3 Å². The average molecular weight is 390 g/mol. The molecule has 1 N–H and O–H groups in total. The van der Waals surface area contributed by atoms with E-state index in [2.05, 4.69) is 26.5 Å². The molecule has 0 aliphatic carbocycles. The Labute approximate surface area is 169 Å². The molecule has 1 aromatic heterocycles. The van der Waals surface area contributed by atoms with Gasteiger partial charge in [-0.15, -0.1) is 10.2 Å². The topological polar surface area (TPSA) is 58.1 Å². The number of hydrogen-bond donors (Lipinski definition) is 1. The Balaban J connectivity index is 1.43.